The molecular formula is C18H17N3O2. The minimum Gasteiger partial charge on any atom is -0.318 e. The largest absolute Gasteiger partial charge is 0.318 e. The second kappa shape index (κ2) is 4.91. The molecule has 3 aromatic rings. The molecule has 0 unspecified atom stereocenters. The average molecular weight is 307 g/mol. The number of hydrogen-bond donors (Lipinski definition) is 1. The third-order valence-corrected chi connectivity index (χ3v) is 4.59. The number of hydrogen-bond acceptors (Lipinski definition) is 3. The van der Waals surface area contributed by atoms with E-state index in [1.807, 2.05) is 25.3 Å². The van der Waals surface area contributed by atoms with E-state index in [9.17, 15) is 9.59 Å². The van der Waals surface area contributed by atoms with E-state index in [0.717, 1.165) is 35.9 Å². The minimum atomic E-state index is -0.103. The summed E-state index contributed by atoms with van der Waals surface area (Å²) < 4.78 is 1.57. The van der Waals surface area contributed by atoms with Crippen LogP contribution in [0, 0.1) is 6.92 Å². The number of nitrogens with one attached hydrogen (secondary N) is 1. The van der Waals surface area contributed by atoms with Crippen LogP contribution in [0.15, 0.2) is 34.0 Å². The van der Waals surface area contributed by atoms with Gasteiger partial charge in [0.25, 0.3) is 5.56 Å². The van der Waals surface area contributed by atoms with Gasteiger partial charge in [-0.15, -0.1) is 0 Å². The number of aromatic amines is 1. The lowest BCUT2D eigenvalue weighted by Gasteiger charge is -2.12. The smallest absolute Gasteiger partial charge is 0.258 e. The first-order valence-electron chi connectivity index (χ1n) is 7.77. The number of rotatable bonds is 1. The fraction of sp³-hybridized carbons (Fsp3) is 0.278. The monoisotopic (exact) mass is 307 g/mol. The van der Waals surface area contributed by atoms with Gasteiger partial charge in [0, 0.05) is 19.3 Å². The molecule has 0 fully saturated rings. The molecule has 116 valence electrons. The Labute approximate surface area is 132 Å². The Bertz CT molecular complexity index is 1060. The van der Waals surface area contributed by atoms with Crippen molar-refractivity contribution in [3.8, 4) is 11.1 Å². The molecule has 0 atom stereocenters. The fourth-order valence-corrected chi connectivity index (χ4v) is 3.50. The minimum absolute atomic E-state index is 0.0404. The molecule has 2 aromatic heterocycles. The molecule has 0 bridgehead atoms. The number of H-pyrrole nitrogens is 1. The highest BCUT2D eigenvalue weighted by atomic mass is 16.1. The van der Waals surface area contributed by atoms with E-state index >= 15 is 0 Å². The zero-order valence-corrected chi connectivity index (χ0v) is 13.1. The molecule has 23 heavy (non-hydrogen) atoms. The topological polar surface area (TPSA) is 67.8 Å². The molecule has 0 radical (unpaired) electrons. The van der Waals surface area contributed by atoms with Gasteiger partial charge in [-0.05, 0) is 60.6 Å². The lowest BCUT2D eigenvalue weighted by molar-refractivity contribution is 0.861. The standard InChI is InChI=1S/C18H17N3O2/c1-10-19-17-13-5-3-4-12(13)14(8-15(17)18(23)20-10)11-6-7-16(22)21(2)9-11/h6-9H,3-5H2,1-2H3,(H,19,20,23). The van der Waals surface area contributed by atoms with Gasteiger partial charge in [-0.25, -0.2) is 4.98 Å². The van der Waals surface area contributed by atoms with Crippen LogP contribution in [0.25, 0.3) is 22.0 Å². The van der Waals surface area contributed by atoms with Gasteiger partial charge in [0.2, 0.25) is 5.56 Å². The molecule has 1 N–H and O–H groups in total. The summed E-state index contributed by atoms with van der Waals surface area (Å²) in [6, 6.07) is 5.32. The molecule has 1 aromatic carbocycles. The molecule has 0 aliphatic heterocycles. The summed E-state index contributed by atoms with van der Waals surface area (Å²) in [4.78, 5) is 31.3. The quantitative estimate of drug-likeness (QED) is 0.748. The molecule has 0 amide bonds. The van der Waals surface area contributed by atoms with Crippen molar-refractivity contribution in [3.05, 3.63) is 62.1 Å². The van der Waals surface area contributed by atoms with Crippen molar-refractivity contribution in [3.63, 3.8) is 0 Å². The Morgan fingerprint density at radius 1 is 1.17 bits per heavy atom. The SMILES string of the molecule is Cc1nc2c3c(c(-c4ccc(=O)n(C)c4)cc2c(=O)[nH]1)CCC3. The van der Waals surface area contributed by atoms with Crippen molar-refractivity contribution in [2.75, 3.05) is 0 Å². The van der Waals surface area contributed by atoms with Gasteiger partial charge in [-0.2, -0.15) is 0 Å². The Kier molecular flexibility index (Phi) is 2.98. The molecule has 5 heteroatoms. The normalized spacial score (nSPS) is 13.5. The fourth-order valence-electron chi connectivity index (χ4n) is 3.50. The lowest BCUT2D eigenvalue weighted by Crippen LogP contribution is -2.14. The first kappa shape index (κ1) is 13.9. The van der Waals surface area contributed by atoms with Crippen molar-refractivity contribution in [1.29, 1.82) is 0 Å². The van der Waals surface area contributed by atoms with Gasteiger partial charge in [0.1, 0.15) is 5.82 Å². The van der Waals surface area contributed by atoms with Crippen LogP contribution < -0.4 is 11.1 Å². The molecule has 0 spiro atoms. The first-order valence-corrected chi connectivity index (χ1v) is 7.77. The Morgan fingerprint density at radius 3 is 2.74 bits per heavy atom. The zero-order chi connectivity index (χ0) is 16.1. The van der Waals surface area contributed by atoms with E-state index in [2.05, 4.69) is 9.97 Å². The molecule has 1 aliphatic rings. The van der Waals surface area contributed by atoms with E-state index in [-0.39, 0.29) is 11.1 Å². The molecular weight excluding hydrogens is 290 g/mol. The van der Waals surface area contributed by atoms with Crippen LogP contribution in [0.4, 0.5) is 0 Å². The van der Waals surface area contributed by atoms with E-state index < -0.39 is 0 Å². The third-order valence-electron chi connectivity index (χ3n) is 4.59. The zero-order valence-electron chi connectivity index (χ0n) is 13.1. The van der Waals surface area contributed by atoms with Crippen LogP contribution in [0.2, 0.25) is 0 Å². The number of fused-ring (bicyclic) bond motifs is 3. The van der Waals surface area contributed by atoms with Crippen LogP contribution in [-0.4, -0.2) is 14.5 Å². The Morgan fingerprint density at radius 2 is 1.96 bits per heavy atom. The van der Waals surface area contributed by atoms with Crippen molar-refractivity contribution in [1.82, 2.24) is 14.5 Å². The molecule has 1 aliphatic carbocycles. The van der Waals surface area contributed by atoms with Gasteiger partial charge < -0.3 is 9.55 Å². The maximum atomic E-state index is 12.4. The second-order valence-electron chi connectivity index (χ2n) is 6.15. The summed E-state index contributed by atoms with van der Waals surface area (Å²) in [5.74, 6) is 0.645. The molecule has 0 saturated carbocycles. The predicted molar refractivity (Wildman–Crippen MR) is 89.8 cm³/mol. The average Bonchev–Trinajstić information content (AvgIpc) is 2.99. The van der Waals surface area contributed by atoms with Gasteiger partial charge in [0.05, 0.1) is 10.9 Å². The molecule has 0 saturated heterocycles. The number of pyridine rings is 1. The van der Waals surface area contributed by atoms with Crippen LogP contribution in [0.3, 0.4) is 0 Å². The summed E-state index contributed by atoms with van der Waals surface area (Å²) in [7, 11) is 1.74. The van der Waals surface area contributed by atoms with E-state index in [1.54, 1.807) is 17.7 Å². The Balaban J connectivity index is 2.10. The summed E-state index contributed by atoms with van der Waals surface area (Å²) in [6.07, 6.45) is 4.83. The van der Waals surface area contributed by atoms with E-state index in [4.69, 9.17) is 0 Å². The molecule has 4 rings (SSSR count). The van der Waals surface area contributed by atoms with Gasteiger partial charge in [-0.1, -0.05) is 0 Å². The predicted octanol–water partition coefficient (Wildman–Crippen LogP) is 2.09. The maximum Gasteiger partial charge on any atom is 0.258 e. The van der Waals surface area contributed by atoms with Gasteiger partial charge >= 0.3 is 0 Å². The summed E-state index contributed by atoms with van der Waals surface area (Å²) >= 11 is 0. The van der Waals surface area contributed by atoms with Crippen molar-refractivity contribution >= 4 is 10.9 Å². The number of aromatic nitrogens is 3. The summed E-state index contributed by atoms with van der Waals surface area (Å²) in [6.45, 7) is 1.81. The number of nitrogens with zero attached hydrogens (tertiary/aromatic N) is 2. The lowest BCUT2D eigenvalue weighted by atomic mass is 9.95. The van der Waals surface area contributed by atoms with Crippen molar-refractivity contribution in [2.24, 2.45) is 7.05 Å². The molecule has 5 nitrogen and oxygen atoms in total. The maximum absolute atomic E-state index is 12.4. The second-order valence-corrected chi connectivity index (χ2v) is 6.15. The van der Waals surface area contributed by atoms with E-state index in [0.29, 0.717) is 11.2 Å². The Hall–Kier alpha value is -2.69. The highest BCUT2D eigenvalue weighted by Gasteiger charge is 2.21. The van der Waals surface area contributed by atoms with Crippen LogP contribution >= 0.6 is 0 Å². The van der Waals surface area contributed by atoms with Gasteiger partial charge in [0.15, 0.2) is 0 Å². The summed E-state index contributed by atoms with van der Waals surface area (Å²) in [5, 5.41) is 0.625. The third kappa shape index (κ3) is 2.11. The number of aryl methyl sites for hydroxylation is 3. The van der Waals surface area contributed by atoms with Crippen molar-refractivity contribution < 1.29 is 0 Å². The highest BCUT2D eigenvalue weighted by Crippen LogP contribution is 2.36. The van der Waals surface area contributed by atoms with Crippen LogP contribution in [0.1, 0.15) is 23.4 Å². The van der Waals surface area contributed by atoms with Gasteiger partial charge in [-0.3, -0.25) is 9.59 Å². The van der Waals surface area contributed by atoms with Crippen LogP contribution in [0.5, 0.6) is 0 Å². The van der Waals surface area contributed by atoms with Crippen LogP contribution in [-0.2, 0) is 19.9 Å². The van der Waals surface area contributed by atoms with E-state index in [1.165, 1.54) is 11.1 Å². The van der Waals surface area contributed by atoms with Crippen molar-refractivity contribution in [2.45, 2.75) is 26.2 Å². The molecule has 2 heterocycles. The summed E-state index contributed by atoms with van der Waals surface area (Å²) in [5.41, 5.74) is 5.12. The number of benzene rings is 1. The first-order chi connectivity index (χ1) is 11.0. The highest BCUT2D eigenvalue weighted by molar-refractivity contribution is 5.89.